The lowest BCUT2D eigenvalue weighted by Crippen LogP contribution is -2.75. The zero-order valence-corrected chi connectivity index (χ0v) is 15.6. The minimum atomic E-state index is -2.74. The van der Waals surface area contributed by atoms with Crippen molar-refractivity contribution in [1.82, 2.24) is 15.3 Å². The molecule has 0 radical (unpaired) electrons. The van der Waals surface area contributed by atoms with E-state index in [2.05, 4.69) is 15.3 Å². The maximum absolute atomic E-state index is 13.1. The molecular weight excluding hydrogens is 406 g/mol. The fraction of sp³-hybridized carbons (Fsp3) is 0.400. The van der Waals surface area contributed by atoms with E-state index in [0.29, 0.717) is 19.3 Å². The van der Waals surface area contributed by atoms with E-state index in [0.717, 1.165) is 24.5 Å². The summed E-state index contributed by atoms with van der Waals surface area (Å²) in [6.45, 7) is -0.342. The summed E-state index contributed by atoms with van der Waals surface area (Å²) in [5.41, 5.74) is -1.06. The van der Waals surface area contributed by atoms with Crippen LogP contribution in [0.4, 0.5) is 17.6 Å². The van der Waals surface area contributed by atoms with Gasteiger partial charge in [-0.05, 0) is 36.8 Å². The largest absolute Gasteiger partial charge is 0.484 e. The first-order valence-electron chi connectivity index (χ1n) is 9.22. The highest BCUT2D eigenvalue weighted by molar-refractivity contribution is 5.94. The highest BCUT2D eigenvalue weighted by Crippen LogP contribution is 2.69. The molecule has 2 aromatic rings. The molecule has 1 aromatic carbocycles. The van der Waals surface area contributed by atoms with Crippen LogP contribution in [0, 0.1) is 17.0 Å². The van der Waals surface area contributed by atoms with Crippen LogP contribution < -0.4 is 10.1 Å². The monoisotopic (exact) mass is 423 g/mol. The summed E-state index contributed by atoms with van der Waals surface area (Å²) in [5, 5.41) is 2.86. The number of alkyl halides is 2. The quantitative estimate of drug-likeness (QED) is 0.520. The number of ketones is 1. The van der Waals surface area contributed by atoms with Gasteiger partial charge < -0.3 is 10.1 Å². The van der Waals surface area contributed by atoms with Crippen LogP contribution in [-0.2, 0) is 4.79 Å². The lowest BCUT2D eigenvalue weighted by atomic mass is 9.38. The highest BCUT2D eigenvalue weighted by atomic mass is 19.3. The molecule has 0 unspecified atom stereocenters. The molecule has 1 amide bonds. The van der Waals surface area contributed by atoms with Crippen molar-refractivity contribution in [3.63, 3.8) is 0 Å². The molecule has 3 fully saturated rings. The summed E-state index contributed by atoms with van der Waals surface area (Å²) in [5.74, 6) is -2.69. The van der Waals surface area contributed by atoms with Gasteiger partial charge in [0, 0.05) is 18.0 Å². The number of benzene rings is 1. The molecular formula is C20H17F4N3O3. The summed E-state index contributed by atoms with van der Waals surface area (Å²) in [6.07, 6.45) is 1.27. The second kappa shape index (κ2) is 7.33. The summed E-state index contributed by atoms with van der Waals surface area (Å²) in [4.78, 5) is 31.7. The third-order valence-corrected chi connectivity index (χ3v) is 5.52. The Morgan fingerprint density at radius 2 is 1.83 bits per heavy atom. The molecule has 10 heteroatoms. The van der Waals surface area contributed by atoms with Crippen LogP contribution in [0.25, 0.3) is 0 Å². The molecule has 2 bridgehead atoms. The first-order chi connectivity index (χ1) is 14.2. The maximum Gasteiger partial charge on any atom is 0.281 e. The molecule has 1 heterocycles. The Bertz CT molecular complexity index is 978. The van der Waals surface area contributed by atoms with Gasteiger partial charge in [0.25, 0.3) is 12.3 Å². The van der Waals surface area contributed by atoms with Crippen LogP contribution in [-0.4, -0.2) is 33.8 Å². The van der Waals surface area contributed by atoms with Crippen molar-refractivity contribution < 1.29 is 31.9 Å². The summed E-state index contributed by atoms with van der Waals surface area (Å²) in [6, 6.07) is 3.00. The topological polar surface area (TPSA) is 81.2 Å². The minimum Gasteiger partial charge on any atom is -0.484 e. The molecule has 0 atom stereocenters. The second-order valence-electron chi connectivity index (χ2n) is 7.95. The fourth-order valence-corrected chi connectivity index (χ4v) is 4.39. The third kappa shape index (κ3) is 3.86. The summed E-state index contributed by atoms with van der Waals surface area (Å²) >= 11 is 0. The van der Waals surface area contributed by atoms with Crippen molar-refractivity contribution >= 4 is 11.7 Å². The number of nitrogens with zero attached hydrogens (tertiary/aromatic N) is 2. The second-order valence-corrected chi connectivity index (χ2v) is 7.95. The Kier molecular flexibility index (Phi) is 4.95. The predicted molar refractivity (Wildman–Crippen MR) is 94.9 cm³/mol. The van der Waals surface area contributed by atoms with Gasteiger partial charge >= 0.3 is 0 Å². The van der Waals surface area contributed by atoms with Crippen molar-refractivity contribution in [3.05, 3.63) is 53.6 Å². The maximum atomic E-state index is 13.1. The van der Waals surface area contributed by atoms with Gasteiger partial charge in [-0.25, -0.2) is 22.5 Å². The van der Waals surface area contributed by atoms with Crippen molar-refractivity contribution in [3.8, 4) is 5.75 Å². The number of amides is 1. The van der Waals surface area contributed by atoms with E-state index in [-0.39, 0.29) is 41.2 Å². The van der Waals surface area contributed by atoms with E-state index in [1.54, 1.807) is 0 Å². The Morgan fingerprint density at radius 1 is 1.10 bits per heavy atom. The molecule has 158 valence electrons. The Hall–Kier alpha value is -3.04. The van der Waals surface area contributed by atoms with Crippen LogP contribution in [0.5, 0.6) is 5.75 Å². The minimum absolute atomic E-state index is 0.0436. The molecule has 3 aliphatic carbocycles. The van der Waals surface area contributed by atoms with Gasteiger partial charge in [-0.1, -0.05) is 0 Å². The first kappa shape index (κ1) is 20.2. The number of Topliss-reactive ketones (excluding diaryl/α,β-unsaturated/α-hetero) is 1. The number of nitrogens with one attached hydrogen (secondary N) is 1. The van der Waals surface area contributed by atoms with Crippen molar-refractivity contribution in [2.75, 3.05) is 6.61 Å². The molecule has 5 rings (SSSR count). The van der Waals surface area contributed by atoms with E-state index in [4.69, 9.17) is 4.74 Å². The fourth-order valence-electron chi connectivity index (χ4n) is 4.39. The molecule has 6 nitrogen and oxygen atoms in total. The van der Waals surface area contributed by atoms with E-state index >= 15 is 0 Å². The van der Waals surface area contributed by atoms with Crippen molar-refractivity contribution in [1.29, 1.82) is 0 Å². The first-order valence-corrected chi connectivity index (χ1v) is 9.22. The Balaban J connectivity index is 1.23. The number of halogens is 4. The van der Waals surface area contributed by atoms with Crippen LogP contribution in [0.1, 0.15) is 48.3 Å². The zero-order chi connectivity index (χ0) is 21.5. The van der Waals surface area contributed by atoms with Gasteiger partial charge in [0.05, 0.1) is 12.4 Å². The van der Waals surface area contributed by atoms with Gasteiger partial charge in [0.2, 0.25) is 0 Å². The Labute approximate surface area is 168 Å². The molecule has 1 aromatic heterocycles. The molecule has 3 aliphatic rings. The average molecular weight is 423 g/mol. The molecule has 1 N–H and O–H groups in total. The van der Waals surface area contributed by atoms with Gasteiger partial charge in [-0.3, -0.25) is 14.6 Å². The van der Waals surface area contributed by atoms with E-state index in [9.17, 15) is 27.2 Å². The summed E-state index contributed by atoms with van der Waals surface area (Å²) < 4.78 is 56.2. The van der Waals surface area contributed by atoms with Gasteiger partial charge in [-0.15, -0.1) is 0 Å². The van der Waals surface area contributed by atoms with Crippen LogP contribution in [0.15, 0.2) is 30.6 Å². The normalized spacial score (nSPS) is 24.0. The molecule has 30 heavy (non-hydrogen) atoms. The number of aromatic nitrogens is 2. The number of rotatable bonds is 8. The third-order valence-electron chi connectivity index (χ3n) is 5.52. The van der Waals surface area contributed by atoms with Crippen LogP contribution in [0.2, 0.25) is 0 Å². The van der Waals surface area contributed by atoms with E-state index in [1.165, 1.54) is 6.07 Å². The molecule has 0 spiro atoms. The van der Waals surface area contributed by atoms with Crippen molar-refractivity contribution in [2.45, 2.75) is 37.6 Å². The number of carbonyl (C=O) groups excluding carboxylic acids is 2. The number of carbonyl (C=O) groups is 2. The van der Waals surface area contributed by atoms with Crippen molar-refractivity contribution in [2.24, 2.45) is 5.41 Å². The van der Waals surface area contributed by atoms with Gasteiger partial charge in [-0.2, -0.15) is 0 Å². The summed E-state index contributed by atoms with van der Waals surface area (Å²) in [7, 11) is 0. The van der Waals surface area contributed by atoms with Crippen LogP contribution >= 0.6 is 0 Å². The zero-order valence-electron chi connectivity index (χ0n) is 15.6. The standard InChI is InChI=1S/C20H17F4N3O3/c21-12-2-1-11(3-13(12)22)30-7-17(29)27-20-8-19(9-20,10-20)4-16(28)14-5-26-15(6-25-14)18(23)24/h1-3,5-6,18H,4,7-10H2,(H,27,29). The molecule has 0 aliphatic heterocycles. The lowest BCUT2D eigenvalue weighted by molar-refractivity contribution is -0.164. The predicted octanol–water partition coefficient (Wildman–Crippen LogP) is 3.38. The number of hydrogen-bond acceptors (Lipinski definition) is 5. The SMILES string of the molecule is O=C(COc1ccc(F)c(F)c1)NC12CC(CC(=O)c3cnc(C(F)F)cn3)(C1)C2. The molecule has 0 saturated heterocycles. The number of hydrogen-bond donors (Lipinski definition) is 1. The van der Waals surface area contributed by atoms with E-state index < -0.39 is 29.7 Å². The van der Waals surface area contributed by atoms with E-state index in [1.807, 2.05) is 0 Å². The molecule has 3 saturated carbocycles. The number of ether oxygens (including phenoxy) is 1. The van der Waals surface area contributed by atoms with Gasteiger partial charge in [0.1, 0.15) is 17.1 Å². The lowest BCUT2D eigenvalue weighted by Gasteiger charge is -2.70. The average Bonchev–Trinajstić information content (AvgIpc) is 2.66. The van der Waals surface area contributed by atoms with Crippen LogP contribution in [0.3, 0.4) is 0 Å². The Morgan fingerprint density at radius 3 is 2.43 bits per heavy atom. The van der Waals surface area contributed by atoms with Gasteiger partial charge in [0.15, 0.2) is 24.0 Å². The highest BCUT2D eigenvalue weighted by Gasteiger charge is 2.68. The smallest absolute Gasteiger partial charge is 0.281 e.